The molecule has 4 nitrogen and oxygen atoms in total. The Kier molecular flexibility index (Phi) is 5.55. The second kappa shape index (κ2) is 6.35. The zero-order valence-electron chi connectivity index (χ0n) is 11.7. The van der Waals surface area contributed by atoms with E-state index in [2.05, 4.69) is 15.9 Å². The SMILES string of the molecule is CC(C)C(C)N(C)S(=O)(=O)c1ccc(CN)cc1Br. The third-order valence-electron chi connectivity index (χ3n) is 3.43. The van der Waals surface area contributed by atoms with Crippen LogP contribution in [0, 0.1) is 5.92 Å². The van der Waals surface area contributed by atoms with Gasteiger partial charge in [-0.15, -0.1) is 0 Å². The molecule has 0 saturated carbocycles. The lowest BCUT2D eigenvalue weighted by molar-refractivity contribution is 0.315. The van der Waals surface area contributed by atoms with Gasteiger partial charge in [0.25, 0.3) is 0 Å². The van der Waals surface area contributed by atoms with Gasteiger partial charge in [-0.2, -0.15) is 4.31 Å². The van der Waals surface area contributed by atoms with Crippen LogP contribution in [0.2, 0.25) is 0 Å². The highest BCUT2D eigenvalue weighted by Crippen LogP contribution is 2.27. The molecule has 1 aromatic carbocycles. The van der Waals surface area contributed by atoms with Crippen molar-refractivity contribution in [3.05, 3.63) is 28.2 Å². The zero-order chi connectivity index (χ0) is 14.8. The Morgan fingerprint density at radius 1 is 1.32 bits per heavy atom. The fraction of sp³-hybridized carbons (Fsp3) is 0.538. The second-order valence-electron chi connectivity index (χ2n) is 4.97. The van der Waals surface area contributed by atoms with Crippen molar-refractivity contribution in [1.29, 1.82) is 0 Å². The molecular weight excluding hydrogens is 328 g/mol. The minimum Gasteiger partial charge on any atom is -0.326 e. The van der Waals surface area contributed by atoms with Gasteiger partial charge in [-0.3, -0.25) is 0 Å². The van der Waals surface area contributed by atoms with Crippen molar-refractivity contribution in [2.24, 2.45) is 11.7 Å². The highest BCUT2D eigenvalue weighted by molar-refractivity contribution is 9.10. The first-order chi connectivity index (χ1) is 8.71. The summed E-state index contributed by atoms with van der Waals surface area (Å²) < 4.78 is 27.1. The highest BCUT2D eigenvalue weighted by atomic mass is 79.9. The maximum absolute atomic E-state index is 12.6. The summed E-state index contributed by atoms with van der Waals surface area (Å²) in [5.74, 6) is 0.252. The molecule has 1 aromatic rings. The van der Waals surface area contributed by atoms with Crippen molar-refractivity contribution in [2.45, 2.75) is 38.3 Å². The Balaban J connectivity index is 3.20. The van der Waals surface area contributed by atoms with Crippen LogP contribution in [0.25, 0.3) is 0 Å². The molecule has 0 aliphatic carbocycles. The Morgan fingerprint density at radius 3 is 2.32 bits per heavy atom. The van der Waals surface area contributed by atoms with Crippen LogP contribution in [-0.2, 0) is 16.6 Å². The molecule has 0 radical (unpaired) electrons. The first-order valence-electron chi connectivity index (χ1n) is 6.18. The summed E-state index contributed by atoms with van der Waals surface area (Å²) in [4.78, 5) is 0.278. The summed E-state index contributed by atoms with van der Waals surface area (Å²) in [5, 5.41) is 0. The van der Waals surface area contributed by atoms with Crippen LogP contribution in [0.3, 0.4) is 0 Å². The molecule has 1 unspecified atom stereocenters. The van der Waals surface area contributed by atoms with Gasteiger partial charge >= 0.3 is 0 Å². The number of rotatable bonds is 5. The zero-order valence-corrected chi connectivity index (χ0v) is 14.1. The van der Waals surface area contributed by atoms with Crippen molar-refractivity contribution in [3.63, 3.8) is 0 Å². The van der Waals surface area contributed by atoms with Crippen LogP contribution in [0.1, 0.15) is 26.3 Å². The number of sulfonamides is 1. The maximum atomic E-state index is 12.6. The van der Waals surface area contributed by atoms with E-state index in [4.69, 9.17) is 5.73 Å². The van der Waals surface area contributed by atoms with E-state index in [1.807, 2.05) is 20.8 Å². The van der Waals surface area contributed by atoms with Gasteiger partial charge in [0.1, 0.15) is 0 Å². The van der Waals surface area contributed by atoms with E-state index >= 15 is 0 Å². The van der Waals surface area contributed by atoms with Gasteiger partial charge in [0.05, 0.1) is 4.90 Å². The first kappa shape index (κ1) is 16.6. The lowest BCUT2D eigenvalue weighted by Gasteiger charge is -2.27. The number of hydrogen-bond acceptors (Lipinski definition) is 3. The minimum atomic E-state index is -3.49. The average Bonchev–Trinajstić information content (AvgIpc) is 2.36. The molecule has 0 bridgehead atoms. The summed E-state index contributed by atoms with van der Waals surface area (Å²) in [5.41, 5.74) is 6.44. The standard InChI is InChI=1S/C13H21BrN2O2S/c1-9(2)10(3)16(4)19(17,18)13-6-5-11(8-15)7-12(13)14/h5-7,9-10H,8,15H2,1-4H3. The molecule has 0 aliphatic heterocycles. The summed E-state index contributed by atoms with van der Waals surface area (Å²) in [6.45, 7) is 6.30. The molecule has 6 heteroatoms. The van der Waals surface area contributed by atoms with Crippen LogP contribution in [0.5, 0.6) is 0 Å². The Labute approximate surface area is 124 Å². The minimum absolute atomic E-state index is 0.0638. The maximum Gasteiger partial charge on any atom is 0.244 e. The molecule has 1 atom stereocenters. The van der Waals surface area contributed by atoms with E-state index in [-0.39, 0.29) is 16.9 Å². The van der Waals surface area contributed by atoms with Gasteiger partial charge in [0.2, 0.25) is 10.0 Å². The monoisotopic (exact) mass is 348 g/mol. The van der Waals surface area contributed by atoms with Crippen molar-refractivity contribution in [2.75, 3.05) is 7.05 Å². The van der Waals surface area contributed by atoms with Gasteiger partial charge < -0.3 is 5.73 Å². The summed E-state index contributed by atoms with van der Waals surface area (Å²) in [6.07, 6.45) is 0. The molecule has 0 heterocycles. The third kappa shape index (κ3) is 3.56. The van der Waals surface area contributed by atoms with Gasteiger partial charge in [-0.25, -0.2) is 8.42 Å². The predicted octanol–water partition coefficient (Wildman–Crippen LogP) is 2.57. The third-order valence-corrected chi connectivity index (χ3v) is 6.35. The Bertz CT molecular complexity index is 544. The molecule has 0 aliphatic rings. The topological polar surface area (TPSA) is 63.4 Å². The fourth-order valence-electron chi connectivity index (χ4n) is 1.67. The van der Waals surface area contributed by atoms with Gasteiger partial charge in [-0.1, -0.05) is 19.9 Å². The predicted molar refractivity (Wildman–Crippen MR) is 81.3 cm³/mol. The molecule has 108 valence electrons. The number of halogens is 1. The van der Waals surface area contributed by atoms with Crippen molar-refractivity contribution in [3.8, 4) is 0 Å². The molecule has 0 fully saturated rings. The van der Waals surface area contributed by atoms with E-state index in [0.29, 0.717) is 11.0 Å². The summed E-state index contributed by atoms with van der Waals surface area (Å²) in [6, 6.07) is 5.03. The van der Waals surface area contributed by atoms with Crippen LogP contribution in [0.4, 0.5) is 0 Å². The van der Waals surface area contributed by atoms with Gasteiger partial charge in [0.15, 0.2) is 0 Å². The largest absolute Gasteiger partial charge is 0.326 e. The Hall–Kier alpha value is -0.430. The van der Waals surface area contributed by atoms with E-state index in [1.54, 1.807) is 25.2 Å². The van der Waals surface area contributed by atoms with Crippen LogP contribution < -0.4 is 5.73 Å². The molecule has 1 rings (SSSR count). The molecule has 19 heavy (non-hydrogen) atoms. The highest BCUT2D eigenvalue weighted by Gasteiger charge is 2.28. The lowest BCUT2D eigenvalue weighted by Crippen LogP contribution is -2.38. The number of hydrogen-bond donors (Lipinski definition) is 1. The number of nitrogens with two attached hydrogens (primary N) is 1. The fourth-order valence-corrected chi connectivity index (χ4v) is 4.25. The van der Waals surface area contributed by atoms with Crippen molar-refractivity contribution < 1.29 is 8.42 Å². The van der Waals surface area contributed by atoms with Crippen LogP contribution in [-0.4, -0.2) is 25.8 Å². The number of benzene rings is 1. The van der Waals surface area contributed by atoms with Gasteiger partial charge in [0, 0.05) is 24.1 Å². The molecule has 0 saturated heterocycles. The normalized spacial score (nSPS) is 14.1. The summed E-state index contributed by atoms with van der Waals surface area (Å²) in [7, 11) is -1.88. The van der Waals surface area contributed by atoms with Gasteiger partial charge in [-0.05, 0) is 46.5 Å². The van der Waals surface area contributed by atoms with Crippen molar-refractivity contribution in [1.82, 2.24) is 4.31 Å². The molecular formula is C13H21BrN2O2S. The number of nitrogens with zero attached hydrogens (tertiary/aromatic N) is 1. The van der Waals surface area contributed by atoms with E-state index in [1.165, 1.54) is 4.31 Å². The second-order valence-corrected chi connectivity index (χ2v) is 7.80. The lowest BCUT2D eigenvalue weighted by atomic mass is 10.1. The molecule has 0 spiro atoms. The molecule has 0 aromatic heterocycles. The molecule has 0 amide bonds. The average molecular weight is 349 g/mol. The quantitative estimate of drug-likeness (QED) is 0.889. The van der Waals surface area contributed by atoms with Crippen LogP contribution in [0.15, 0.2) is 27.6 Å². The smallest absolute Gasteiger partial charge is 0.244 e. The van der Waals surface area contributed by atoms with Crippen LogP contribution >= 0.6 is 15.9 Å². The Morgan fingerprint density at radius 2 is 1.89 bits per heavy atom. The van der Waals surface area contributed by atoms with Crippen molar-refractivity contribution >= 4 is 26.0 Å². The van der Waals surface area contributed by atoms with E-state index in [9.17, 15) is 8.42 Å². The van der Waals surface area contributed by atoms with E-state index in [0.717, 1.165) is 5.56 Å². The van der Waals surface area contributed by atoms with E-state index < -0.39 is 10.0 Å². The first-order valence-corrected chi connectivity index (χ1v) is 8.41. The summed E-state index contributed by atoms with van der Waals surface area (Å²) >= 11 is 3.32. The molecule has 2 N–H and O–H groups in total.